The van der Waals surface area contributed by atoms with Crippen LogP contribution in [0.1, 0.15) is 37.2 Å². The van der Waals surface area contributed by atoms with Crippen LogP contribution in [-0.4, -0.2) is 38.1 Å². The van der Waals surface area contributed by atoms with Crippen molar-refractivity contribution in [3.05, 3.63) is 46.9 Å². The summed E-state index contributed by atoms with van der Waals surface area (Å²) in [5.41, 5.74) is 0.691. The number of amides is 1. The summed E-state index contributed by atoms with van der Waals surface area (Å²) in [5, 5.41) is 3.41. The summed E-state index contributed by atoms with van der Waals surface area (Å²) in [4.78, 5) is 14.7. The number of rotatable bonds is 9. The fraction of sp³-hybridized carbons (Fsp3) is 0.500. The van der Waals surface area contributed by atoms with Crippen molar-refractivity contribution in [1.82, 2.24) is 4.90 Å². The van der Waals surface area contributed by atoms with Gasteiger partial charge < -0.3 is 19.2 Å². The molecule has 0 aliphatic carbocycles. The number of ether oxygens (including phenoxy) is 2. The summed E-state index contributed by atoms with van der Waals surface area (Å²) in [6.45, 7) is 3.35. The zero-order valence-electron chi connectivity index (χ0n) is 17.1. The van der Waals surface area contributed by atoms with E-state index in [-0.39, 0.29) is 5.91 Å². The van der Waals surface area contributed by atoms with Gasteiger partial charge in [0.05, 0.1) is 18.7 Å². The van der Waals surface area contributed by atoms with E-state index in [9.17, 15) is 4.79 Å². The summed E-state index contributed by atoms with van der Waals surface area (Å²) in [7, 11) is 3.23. The van der Waals surface area contributed by atoms with Crippen LogP contribution >= 0.6 is 11.6 Å². The number of halogens is 1. The van der Waals surface area contributed by atoms with Gasteiger partial charge in [0.2, 0.25) is 5.91 Å². The lowest BCUT2D eigenvalue weighted by Crippen LogP contribution is -2.35. The van der Waals surface area contributed by atoms with Crippen LogP contribution in [0.3, 0.4) is 0 Å². The van der Waals surface area contributed by atoms with E-state index in [1.807, 2.05) is 12.1 Å². The third-order valence-corrected chi connectivity index (χ3v) is 5.50. The first-order valence-electron chi connectivity index (χ1n) is 9.99. The molecule has 6 nitrogen and oxygen atoms in total. The Labute approximate surface area is 177 Å². The largest absolute Gasteiger partial charge is 0.495 e. The summed E-state index contributed by atoms with van der Waals surface area (Å²) < 4.78 is 16.0. The van der Waals surface area contributed by atoms with Gasteiger partial charge in [0, 0.05) is 25.8 Å². The van der Waals surface area contributed by atoms with Gasteiger partial charge in [0.1, 0.15) is 23.9 Å². The number of methoxy groups -OCH3 is 2. The molecular weight excluding hydrogens is 392 g/mol. The fourth-order valence-corrected chi connectivity index (χ4v) is 4.04. The van der Waals surface area contributed by atoms with Crippen LogP contribution in [-0.2, 0) is 22.7 Å². The van der Waals surface area contributed by atoms with Gasteiger partial charge in [0.25, 0.3) is 0 Å². The Morgan fingerprint density at radius 2 is 2.10 bits per heavy atom. The topological polar surface area (TPSA) is 63.9 Å². The van der Waals surface area contributed by atoms with Crippen LogP contribution in [0.5, 0.6) is 5.75 Å². The van der Waals surface area contributed by atoms with Gasteiger partial charge in [-0.25, -0.2) is 0 Å². The van der Waals surface area contributed by atoms with Crippen molar-refractivity contribution < 1.29 is 18.7 Å². The molecule has 1 aromatic heterocycles. The molecular formula is C22H29ClN2O4. The van der Waals surface area contributed by atoms with Gasteiger partial charge in [-0.1, -0.05) is 11.6 Å². The molecule has 7 heteroatoms. The molecule has 2 heterocycles. The molecule has 29 heavy (non-hydrogen) atoms. The van der Waals surface area contributed by atoms with E-state index in [1.165, 1.54) is 0 Å². The van der Waals surface area contributed by atoms with Gasteiger partial charge in [-0.15, -0.1) is 0 Å². The fourth-order valence-electron chi connectivity index (χ4n) is 3.78. The van der Waals surface area contributed by atoms with Crippen molar-refractivity contribution in [3.8, 4) is 5.75 Å². The number of anilines is 1. The Kier molecular flexibility index (Phi) is 7.98. The molecule has 1 aliphatic heterocycles. The van der Waals surface area contributed by atoms with E-state index in [4.69, 9.17) is 25.5 Å². The minimum absolute atomic E-state index is 0.0126. The third kappa shape index (κ3) is 6.49. The first-order chi connectivity index (χ1) is 14.1. The Balaban J connectivity index is 1.43. The highest BCUT2D eigenvalue weighted by atomic mass is 35.5. The lowest BCUT2D eigenvalue weighted by Gasteiger charge is -2.32. The van der Waals surface area contributed by atoms with E-state index in [1.54, 1.807) is 32.4 Å². The second-order valence-electron chi connectivity index (χ2n) is 7.48. The molecule has 2 aromatic rings. The lowest BCUT2D eigenvalue weighted by atomic mass is 9.93. The minimum atomic E-state index is 0.0126. The minimum Gasteiger partial charge on any atom is -0.495 e. The van der Waals surface area contributed by atoms with Gasteiger partial charge in [-0.05, 0) is 62.1 Å². The van der Waals surface area contributed by atoms with Gasteiger partial charge >= 0.3 is 0 Å². The van der Waals surface area contributed by atoms with Gasteiger partial charge in [0.15, 0.2) is 0 Å². The van der Waals surface area contributed by atoms with Crippen molar-refractivity contribution in [3.63, 3.8) is 0 Å². The number of furan rings is 1. The molecule has 0 saturated carbocycles. The van der Waals surface area contributed by atoms with Crippen molar-refractivity contribution >= 4 is 23.2 Å². The van der Waals surface area contributed by atoms with Crippen LogP contribution < -0.4 is 10.1 Å². The maximum absolute atomic E-state index is 12.3. The number of piperidine rings is 1. The Morgan fingerprint density at radius 1 is 1.28 bits per heavy atom. The van der Waals surface area contributed by atoms with Crippen LogP contribution in [0.2, 0.25) is 5.02 Å². The summed E-state index contributed by atoms with van der Waals surface area (Å²) in [6.07, 6.45) is 3.68. The molecule has 1 atom stereocenters. The first-order valence-corrected chi connectivity index (χ1v) is 10.4. The van der Waals surface area contributed by atoms with Crippen molar-refractivity contribution in [2.45, 2.75) is 38.8 Å². The molecule has 0 bridgehead atoms. The SMILES string of the molecule is COCc1ccc(CN2CCCC(CCC(=O)Nc3ccc(OC)c(Cl)c3)C2)o1. The Bertz CT molecular complexity index is 808. The molecule has 158 valence electrons. The molecule has 3 rings (SSSR count). The molecule has 1 aliphatic rings. The second kappa shape index (κ2) is 10.7. The van der Waals surface area contributed by atoms with Gasteiger partial charge in [-0.3, -0.25) is 9.69 Å². The number of carbonyl (C=O) groups excluding carboxylic acids is 1. The Morgan fingerprint density at radius 3 is 2.86 bits per heavy atom. The first kappa shape index (κ1) is 21.7. The third-order valence-electron chi connectivity index (χ3n) is 5.20. The molecule has 0 radical (unpaired) electrons. The number of nitrogens with one attached hydrogen (secondary N) is 1. The number of hydrogen-bond donors (Lipinski definition) is 1. The number of likely N-dealkylation sites (tertiary alicyclic amines) is 1. The van der Waals surface area contributed by atoms with Crippen LogP contribution in [0.25, 0.3) is 0 Å². The van der Waals surface area contributed by atoms with E-state index in [0.717, 1.165) is 50.4 Å². The van der Waals surface area contributed by atoms with E-state index >= 15 is 0 Å². The van der Waals surface area contributed by atoms with Crippen molar-refractivity contribution in [2.24, 2.45) is 5.92 Å². The highest BCUT2D eigenvalue weighted by Gasteiger charge is 2.21. The standard InChI is InChI=1S/C22H29ClN2O4/c1-27-15-19-8-7-18(29-19)14-25-11-3-4-16(13-25)5-10-22(26)24-17-6-9-21(28-2)20(23)12-17/h6-9,12,16H,3-5,10-11,13-15H2,1-2H3,(H,24,26). The summed E-state index contributed by atoms with van der Waals surface area (Å²) in [6, 6.07) is 9.25. The number of benzene rings is 1. The summed E-state index contributed by atoms with van der Waals surface area (Å²) in [5.74, 6) is 2.94. The van der Waals surface area contributed by atoms with E-state index in [2.05, 4.69) is 10.2 Å². The molecule has 1 amide bonds. The number of carbonyl (C=O) groups is 1. The molecule has 1 aromatic carbocycles. The molecule has 1 fully saturated rings. The normalized spacial score (nSPS) is 17.3. The lowest BCUT2D eigenvalue weighted by molar-refractivity contribution is -0.116. The van der Waals surface area contributed by atoms with Crippen LogP contribution in [0.15, 0.2) is 34.7 Å². The van der Waals surface area contributed by atoms with Crippen molar-refractivity contribution in [2.75, 3.05) is 32.6 Å². The average molecular weight is 421 g/mol. The van der Waals surface area contributed by atoms with Gasteiger partial charge in [-0.2, -0.15) is 0 Å². The number of hydrogen-bond acceptors (Lipinski definition) is 5. The monoisotopic (exact) mass is 420 g/mol. The zero-order valence-corrected chi connectivity index (χ0v) is 17.8. The maximum atomic E-state index is 12.3. The predicted molar refractivity (Wildman–Crippen MR) is 113 cm³/mol. The van der Waals surface area contributed by atoms with Crippen LogP contribution in [0.4, 0.5) is 5.69 Å². The van der Waals surface area contributed by atoms with E-state index < -0.39 is 0 Å². The second-order valence-corrected chi connectivity index (χ2v) is 7.89. The Hall–Kier alpha value is -2.02. The predicted octanol–water partition coefficient (Wildman–Crippen LogP) is 4.72. The summed E-state index contributed by atoms with van der Waals surface area (Å²) >= 11 is 6.12. The molecule has 1 unspecified atom stereocenters. The zero-order chi connectivity index (χ0) is 20.6. The van der Waals surface area contributed by atoms with Crippen molar-refractivity contribution in [1.29, 1.82) is 0 Å². The highest BCUT2D eigenvalue weighted by Crippen LogP contribution is 2.28. The molecule has 0 spiro atoms. The highest BCUT2D eigenvalue weighted by molar-refractivity contribution is 6.32. The van der Waals surface area contributed by atoms with E-state index in [0.29, 0.717) is 35.4 Å². The van der Waals surface area contributed by atoms with Crippen LogP contribution in [0, 0.1) is 5.92 Å². The number of nitrogens with zero attached hydrogens (tertiary/aromatic N) is 1. The average Bonchev–Trinajstić information content (AvgIpc) is 3.14. The molecule has 1 N–H and O–H groups in total. The maximum Gasteiger partial charge on any atom is 0.224 e. The molecule has 1 saturated heterocycles. The quantitative estimate of drug-likeness (QED) is 0.636. The smallest absolute Gasteiger partial charge is 0.224 e.